The van der Waals surface area contributed by atoms with Gasteiger partial charge in [-0.25, -0.2) is 0 Å². The Morgan fingerprint density at radius 3 is 2.68 bits per heavy atom. The molecule has 1 aromatic rings. The van der Waals surface area contributed by atoms with Crippen LogP contribution in [-0.2, 0) is 4.79 Å². The molecule has 1 aliphatic carbocycles. The third kappa shape index (κ3) is 5.29. The van der Waals surface area contributed by atoms with Gasteiger partial charge in [0.2, 0.25) is 5.91 Å². The van der Waals surface area contributed by atoms with E-state index in [1.165, 1.54) is 32.1 Å². The molecule has 2 nitrogen and oxygen atoms in total. The number of rotatable bonds is 6. The van der Waals surface area contributed by atoms with E-state index in [2.05, 4.69) is 5.32 Å². The van der Waals surface area contributed by atoms with Crippen LogP contribution in [-0.4, -0.2) is 12.5 Å². The summed E-state index contributed by atoms with van der Waals surface area (Å²) >= 11 is 0. The lowest BCUT2D eigenvalue weighted by molar-refractivity contribution is -0.116. The number of hydrogen-bond acceptors (Lipinski definition) is 1. The van der Waals surface area contributed by atoms with Gasteiger partial charge in [0.25, 0.3) is 0 Å². The van der Waals surface area contributed by atoms with Crippen molar-refractivity contribution in [3.63, 3.8) is 0 Å². The van der Waals surface area contributed by atoms with Crippen molar-refractivity contribution in [2.24, 2.45) is 5.92 Å². The summed E-state index contributed by atoms with van der Waals surface area (Å²) in [4.78, 5) is 11.6. The lowest BCUT2D eigenvalue weighted by atomic mass is 10.0. The van der Waals surface area contributed by atoms with Gasteiger partial charge in [-0.15, -0.1) is 0 Å². The highest BCUT2D eigenvalue weighted by molar-refractivity contribution is 5.91. The summed E-state index contributed by atoms with van der Waals surface area (Å²) in [7, 11) is 0. The fourth-order valence-electron chi connectivity index (χ4n) is 2.70. The zero-order valence-corrected chi connectivity index (χ0v) is 11.5. The maximum Gasteiger partial charge on any atom is 0.243 e. The smallest absolute Gasteiger partial charge is 0.243 e. The molecule has 0 bridgehead atoms. The monoisotopic (exact) mass is 257 g/mol. The Morgan fingerprint density at radius 1 is 1.21 bits per heavy atom. The normalized spacial score (nSPS) is 16.0. The van der Waals surface area contributed by atoms with Gasteiger partial charge < -0.3 is 5.32 Å². The first-order valence-corrected chi connectivity index (χ1v) is 7.35. The fraction of sp³-hybridized carbons (Fsp3) is 0.471. The number of amides is 1. The molecule has 0 unspecified atom stereocenters. The van der Waals surface area contributed by atoms with E-state index in [1.54, 1.807) is 6.08 Å². The first-order chi connectivity index (χ1) is 9.34. The Kier molecular flexibility index (Phi) is 5.67. The Morgan fingerprint density at radius 2 is 1.95 bits per heavy atom. The molecule has 0 aromatic heterocycles. The maximum absolute atomic E-state index is 11.6. The van der Waals surface area contributed by atoms with Gasteiger partial charge in [0.1, 0.15) is 0 Å². The van der Waals surface area contributed by atoms with Gasteiger partial charge >= 0.3 is 0 Å². The quantitative estimate of drug-likeness (QED) is 0.609. The number of carbonyl (C=O) groups is 1. The van der Waals surface area contributed by atoms with Gasteiger partial charge in [-0.1, -0.05) is 56.0 Å². The highest BCUT2D eigenvalue weighted by Crippen LogP contribution is 2.28. The van der Waals surface area contributed by atoms with Crippen LogP contribution in [0.3, 0.4) is 0 Å². The molecule has 1 aliphatic rings. The molecule has 0 radical (unpaired) electrons. The van der Waals surface area contributed by atoms with Gasteiger partial charge in [0.15, 0.2) is 0 Å². The summed E-state index contributed by atoms with van der Waals surface area (Å²) in [5.74, 6) is 0.923. The zero-order valence-electron chi connectivity index (χ0n) is 11.5. The van der Waals surface area contributed by atoms with Crippen molar-refractivity contribution in [2.45, 2.75) is 38.5 Å². The molecule has 0 spiro atoms. The molecule has 0 heterocycles. The van der Waals surface area contributed by atoms with Crippen molar-refractivity contribution in [1.82, 2.24) is 5.32 Å². The number of benzene rings is 1. The molecule has 0 atom stereocenters. The highest BCUT2D eigenvalue weighted by atomic mass is 16.1. The van der Waals surface area contributed by atoms with E-state index in [-0.39, 0.29) is 5.91 Å². The molecule has 0 saturated heterocycles. The summed E-state index contributed by atoms with van der Waals surface area (Å²) in [6.45, 7) is 0.800. The lowest BCUT2D eigenvalue weighted by Gasteiger charge is -2.08. The first kappa shape index (κ1) is 13.9. The Hall–Kier alpha value is -1.57. The zero-order chi connectivity index (χ0) is 13.3. The average molecular weight is 257 g/mol. The van der Waals surface area contributed by atoms with Gasteiger partial charge in [0, 0.05) is 12.6 Å². The van der Waals surface area contributed by atoms with Gasteiger partial charge in [-0.2, -0.15) is 0 Å². The topological polar surface area (TPSA) is 29.1 Å². The van der Waals surface area contributed by atoms with Crippen LogP contribution < -0.4 is 5.32 Å². The van der Waals surface area contributed by atoms with E-state index >= 15 is 0 Å². The van der Waals surface area contributed by atoms with Crippen LogP contribution in [0.1, 0.15) is 44.1 Å². The molecule has 1 fully saturated rings. The minimum atomic E-state index is 0.00951. The van der Waals surface area contributed by atoms with Crippen molar-refractivity contribution in [3.05, 3.63) is 42.0 Å². The Balaban J connectivity index is 1.60. The SMILES string of the molecule is O=C(/C=C/c1ccccc1)NCCCC1CCCC1. The second kappa shape index (κ2) is 7.78. The van der Waals surface area contributed by atoms with Crippen LogP contribution in [0.25, 0.3) is 6.08 Å². The van der Waals surface area contributed by atoms with Crippen molar-refractivity contribution < 1.29 is 4.79 Å². The van der Waals surface area contributed by atoms with Crippen molar-refractivity contribution in [2.75, 3.05) is 6.54 Å². The maximum atomic E-state index is 11.6. The second-order valence-electron chi connectivity index (χ2n) is 5.33. The fourth-order valence-corrected chi connectivity index (χ4v) is 2.70. The van der Waals surface area contributed by atoms with Crippen LogP contribution >= 0.6 is 0 Å². The van der Waals surface area contributed by atoms with E-state index in [0.29, 0.717) is 0 Å². The third-order valence-corrected chi connectivity index (χ3v) is 3.79. The van der Waals surface area contributed by atoms with Crippen LogP contribution in [0.4, 0.5) is 0 Å². The average Bonchev–Trinajstić information content (AvgIpc) is 2.96. The summed E-state index contributed by atoms with van der Waals surface area (Å²) in [5, 5.41) is 2.95. The number of carbonyl (C=O) groups excluding carboxylic acids is 1. The predicted molar refractivity (Wildman–Crippen MR) is 79.7 cm³/mol. The van der Waals surface area contributed by atoms with E-state index in [0.717, 1.165) is 24.4 Å². The number of hydrogen-bond donors (Lipinski definition) is 1. The van der Waals surface area contributed by atoms with Gasteiger partial charge in [-0.05, 0) is 30.4 Å². The van der Waals surface area contributed by atoms with Crippen molar-refractivity contribution in [3.8, 4) is 0 Å². The van der Waals surface area contributed by atoms with Gasteiger partial charge in [0.05, 0.1) is 0 Å². The van der Waals surface area contributed by atoms with Crippen LogP contribution in [0.15, 0.2) is 36.4 Å². The van der Waals surface area contributed by atoms with Crippen LogP contribution in [0.5, 0.6) is 0 Å². The molecular weight excluding hydrogens is 234 g/mol. The number of nitrogens with one attached hydrogen (secondary N) is 1. The molecule has 1 saturated carbocycles. The Labute approximate surface area is 115 Å². The molecule has 0 aliphatic heterocycles. The van der Waals surface area contributed by atoms with Crippen LogP contribution in [0.2, 0.25) is 0 Å². The molecule has 102 valence electrons. The summed E-state index contributed by atoms with van der Waals surface area (Å²) in [6.07, 6.45) is 11.4. The Bertz CT molecular complexity index is 405. The molecule has 1 N–H and O–H groups in total. The van der Waals surface area contributed by atoms with Crippen molar-refractivity contribution in [1.29, 1.82) is 0 Å². The molecular formula is C17H23NO. The minimum Gasteiger partial charge on any atom is -0.353 e. The molecule has 2 rings (SSSR count). The third-order valence-electron chi connectivity index (χ3n) is 3.79. The molecule has 19 heavy (non-hydrogen) atoms. The lowest BCUT2D eigenvalue weighted by Crippen LogP contribution is -2.22. The standard InChI is InChI=1S/C17H23NO/c19-17(13-12-16-7-2-1-3-8-16)18-14-6-11-15-9-4-5-10-15/h1-3,7-8,12-13,15H,4-6,9-11,14H2,(H,18,19)/b13-12+. The van der Waals surface area contributed by atoms with E-state index in [9.17, 15) is 4.79 Å². The summed E-state index contributed by atoms with van der Waals surface area (Å²) in [5.41, 5.74) is 1.06. The highest BCUT2D eigenvalue weighted by Gasteiger charge is 2.13. The molecule has 1 amide bonds. The molecule has 1 aromatic carbocycles. The minimum absolute atomic E-state index is 0.00951. The van der Waals surface area contributed by atoms with E-state index in [4.69, 9.17) is 0 Å². The van der Waals surface area contributed by atoms with Gasteiger partial charge in [-0.3, -0.25) is 4.79 Å². The first-order valence-electron chi connectivity index (χ1n) is 7.35. The summed E-state index contributed by atoms with van der Waals surface area (Å²) < 4.78 is 0. The largest absolute Gasteiger partial charge is 0.353 e. The van der Waals surface area contributed by atoms with Crippen molar-refractivity contribution >= 4 is 12.0 Å². The van der Waals surface area contributed by atoms with E-state index < -0.39 is 0 Å². The van der Waals surface area contributed by atoms with Crippen LogP contribution in [0, 0.1) is 5.92 Å². The second-order valence-corrected chi connectivity index (χ2v) is 5.33. The predicted octanol–water partition coefficient (Wildman–Crippen LogP) is 3.79. The van der Waals surface area contributed by atoms with E-state index in [1.807, 2.05) is 36.4 Å². The summed E-state index contributed by atoms with van der Waals surface area (Å²) in [6, 6.07) is 9.90. The molecule has 2 heteroatoms.